The number of carbonyl (C=O) groups is 1. The van der Waals surface area contributed by atoms with Crippen LogP contribution in [0.3, 0.4) is 0 Å². The van der Waals surface area contributed by atoms with E-state index in [1.54, 1.807) is 6.92 Å². The zero-order valence-corrected chi connectivity index (χ0v) is 17.6. The standard InChI is InChI=1S/C25H33N3O/c1-21(29)26-24-10-8-23(9-11-24)18-28-17-14-25(20-28)13-5-15-27(19-25)16-12-22-6-3-2-4-7-22/h2-4,6-11H,5,12-20H2,1H3,(H,26,29). The molecule has 4 rings (SSSR count). The van der Waals surface area contributed by atoms with Crippen molar-refractivity contribution in [2.75, 3.05) is 38.0 Å². The highest BCUT2D eigenvalue weighted by atomic mass is 16.1. The van der Waals surface area contributed by atoms with Gasteiger partial charge in [0.15, 0.2) is 0 Å². The van der Waals surface area contributed by atoms with E-state index in [2.05, 4.69) is 57.6 Å². The zero-order chi connectivity index (χ0) is 20.1. The van der Waals surface area contributed by atoms with Crippen LogP contribution in [0.5, 0.6) is 0 Å². The highest BCUT2D eigenvalue weighted by Gasteiger charge is 2.40. The van der Waals surface area contributed by atoms with Gasteiger partial charge in [-0.15, -0.1) is 0 Å². The Morgan fingerprint density at radius 3 is 2.45 bits per heavy atom. The molecule has 1 spiro atoms. The fourth-order valence-corrected chi connectivity index (χ4v) is 5.08. The second-order valence-corrected chi connectivity index (χ2v) is 8.95. The van der Waals surface area contributed by atoms with Crippen LogP contribution in [0, 0.1) is 5.41 Å². The molecule has 4 heteroatoms. The maximum atomic E-state index is 11.2. The Labute approximate surface area is 174 Å². The predicted molar refractivity (Wildman–Crippen MR) is 119 cm³/mol. The van der Waals surface area contributed by atoms with Gasteiger partial charge in [-0.05, 0) is 67.4 Å². The molecule has 4 nitrogen and oxygen atoms in total. The Morgan fingerprint density at radius 2 is 1.69 bits per heavy atom. The minimum atomic E-state index is -0.0200. The third-order valence-electron chi connectivity index (χ3n) is 6.50. The molecule has 2 heterocycles. The number of rotatable bonds is 6. The maximum absolute atomic E-state index is 11.2. The molecule has 1 atom stereocenters. The second kappa shape index (κ2) is 9.10. The topological polar surface area (TPSA) is 35.6 Å². The van der Waals surface area contributed by atoms with Crippen molar-refractivity contribution in [2.24, 2.45) is 5.41 Å². The SMILES string of the molecule is CC(=O)Nc1ccc(CN2CCC3(CCCN(CCc4ccccc4)C3)C2)cc1. The summed E-state index contributed by atoms with van der Waals surface area (Å²) in [7, 11) is 0. The van der Waals surface area contributed by atoms with Gasteiger partial charge in [0.2, 0.25) is 5.91 Å². The first-order valence-corrected chi connectivity index (χ1v) is 11.0. The minimum absolute atomic E-state index is 0.0200. The summed E-state index contributed by atoms with van der Waals surface area (Å²) in [6, 6.07) is 19.2. The molecule has 0 radical (unpaired) electrons. The summed E-state index contributed by atoms with van der Waals surface area (Å²) < 4.78 is 0. The Kier molecular flexibility index (Phi) is 6.31. The summed E-state index contributed by atoms with van der Waals surface area (Å²) in [4.78, 5) is 16.5. The van der Waals surface area contributed by atoms with Crippen LogP contribution in [0.1, 0.15) is 37.3 Å². The monoisotopic (exact) mass is 391 g/mol. The molecule has 1 unspecified atom stereocenters. The van der Waals surface area contributed by atoms with Crippen molar-refractivity contribution in [2.45, 2.75) is 39.2 Å². The molecule has 29 heavy (non-hydrogen) atoms. The lowest BCUT2D eigenvalue weighted by atomic mass is 9.79. The molecule has 2 aromatic carbocycles. The molecule has 1 N–H and O–H groups in total. The molecule has 2 aliphatic heterocycles. The van der Waals surface area contributed by atoms with Crippen LogP contribution in [-0.4, -0.2) is 48.4 Å². The molecule has 1 amide bonds. The van der Waals surface area contributed by atoms with E-state index in [9.17, 15) is 4.79 Å². The molecule has 154 valence electrons. The average molecular weight is 392 g/mol. The Bertz CT molecular complexity index is 805. The number of nitrogens with zero attached hydrogens (tertiary/aromatic N) is 2. The quantitative estimate of drug-likeness (QED) is 0.803. The fourth-order valence-electron chi connectivity index (χ4n) is 5.08. The van der Waals surface area contributed by atoms with Gasteiger partial charge in [-0.1, -0.05) is 42.5 Å². The first kappa shape index (κ1) is 20.1. The number of piperidine rings is 1. The van der Waals surface area contributed by atoms with Crippen molar-refractivity contribution in [3.05, 3.63) is 65.7 Å². The summed E-state index contributed by atoms with van der Waals surface area (Å²) in [5, 5.41) is 2.84. The minimum Gasteiger partial charge on any atom is -0.326 e. The van der Waals surface area contributed by atoms with Crippen molar-refractivity contribution in [1.29, 1.82) is 0 Å². The molecule has 2 fully saturated rings. The third kappa shape index (κ3) is 5.46. The lowest BCUT2D eigenvalue weighted by Gasteiger charge is -2.40. The van der Waals surface area contributed by atoms with E-state index in [1.165, 1.54) is 63.1 Å². The van der Waals surface area contributed by atoms with Gasteiger partial charge in [-0.25, -0.2) is 0 Å². The average Bonchev–Trinajstić information content (AvgIpc) is 3.10. The Morgan fingerprint density at radius 1 is 0.931 bits per heavy atom. The van der Waals surface area contributed by atoms with E-state index < -0.39 is 0 Å². The molecule has 0 bridgehead atoms. The second-order valence-electron chi connectivity index (χ2n) is 8.95. The van der Waals surface area contributed by atoms with Crippen LogP contribution in [-0.2, 0) is 17.8 Å². The largest absolute Gasteiger partial charge is 0.326 e. The summed E-state index contributed by atoms with van der Waals surface area (Å²) in [5.74, 6) is -0.0200. The van der Waals surface area contributed by atoms with Crippen molar-refractivity contribution in [3.63, 3.8) is 0 Å². The third-order valence-corrected chi connectivity index (χ3v) is 6.50. The van der Waals surface area contributed by atoms with Crippen molar-refractivity contribution in [1.82, 2.24) is 9.80 Å². The van der Waals surface area contributed by atoms with E-state index in [0.29, 0.717) is 5.41 Å². The zero-order valence-electron chi connectivity index (χ0n) is 17.6. The van der Waals surface area contributed by atoms with Crippen molar-refractivity contribution in [3.8, 4) is 0 Å². The number of carbonyl (C=O) groups excluding carboxylic acids is 1. The van der Waals surface area contributed by atoms with Crippen LogP contribution in [0.4, 0.5) is 5.69 Å². The molecule has 2 aliphatic rings. The van der Waals surface area contributed by atoms with Gasteiger partial charge in [0.1, 0.15) is 0 Å². The number of hydrogen-bond donors (Lipinski definition) is 1. The molecule has 0 aliphatic carbocycles. The highest BCUT2D eigenvalue weighted by molar-refractivity contribution is 5.88. The number of amides is 1. The summed E-state index contributed by atoms with van der Waals surface area (Å²) in [6.45, 7) is 8.63. The smallest absolute Gasteiger partial charge is 0.221 e. The maximum Gasteiger partial charge on any atom is 0.221 e. The summed E-state index contributed by atoms with van der Waals surface area (Å²) >= 11 is 0. The van der Waals surface area contributed by atoms with Crippen molar-refractivity contribution < 1.29 is 4.79 Å². The van der Waals surface area contributed by atoms with Gasteiger partial charge in [0.25, 0.3) is 0 Å². The number of benzene rings is 2. The Balaban J connectivity index is 1.29. The lowest BCUT2D eigenvalue weighted by molar-refractivity contribution is -0.114. The molecule has 2 saturated heterocycles. The Hall–Kier alpha value is -2.17. The van der Waals surface area contributed by atoms with Gasteiger partial charge in [-0.3, -0.25) is 9.69 Å². The van der Waals surface area contributed by atoms with Gasteiger partial charge >= 0.3 is 0 Å². The molecular formula is C25H33N3O. The van der Waals surface area contributed by atoms with Crippen LogP contribution < -0.4 is 5.32 Å². The fraction of sp³-hybridized carbons (Fsp3) is 0.480. The number of nitrogens with one attached hydrogen (secondary N) is 1. The molecular weight excluding hydrogens is 358 g/mol. The van der Waals surface area contributed by atoms with Crippen molar-refractivity contribution >= 4 is 11.6 Å². The van der Waals surface area contributed by atoms with Gasteiger partial charge in [0.05, 0.1) is 0 Å². The number of anilines is 1. The van der Waals surface area contributed by atoms with Gasteiger partial charge in [-0.2, -0.15) is 0 Å². The van der Waals surface area contributed by atoms with Gasteiger partial charge in [0, 0.05) is 38.8 Å². The normalized spacial score (nSPS) is 22.8. The first-order valence-electron chi connectivity index (χ1n) is 11.0. The van der Waals surface area contributed by atoms with Crippen LogP contribution >= 0.6 is 0 Å². The van der Waals surface area contributed by atoms with E-state index in [4.69, 9.17) is 0 Å². The summed E-state index contributed by atoms with van der Waals surface area (Å²) in [6.07, 6.45) is 5.17. The van der Waals surface area contributed by atoms with Crippen LogP contribution in [0.15, 0.2) is 54.6 Å². The van der Waals surface area contributed by atoms with E-state index >= 15 is 0 Å². The van der Waals surface area contributed by atoms with Crippen LogP contribution in [0.2, 0.25) is 0 Å². The molecule has 2 aromatic rings. The lowest BCUT2D eigenvalue weighted by Crippen LogP contribution is -2.45. The van der Waals surface area contributed by atoms with Crippen LogP contribution in [0.25, 0.3) is 0 Å². The number of likely N-dealkylation sites (tertiary alicyclic amines) is 2. The number of hydrogen-bond acceptors (Lipinski definition) is 3. The van der Waals surface area contributed by atoms with Gasteiger partial charge < -0.3 is 10.2 Å². The van der Waals surface area contributed by atoms with E-state index in [0.717, 1.165) is 18.7 Å². The molecule has 0 aromatic heterocycles. The predicted octanol–water partition coefficient (Wildman–Crippen LogP) is 4.18. The summed E-state index contributed by atoms with van der Waals surface area (Å²) in [5.41, 5.74) is 4.13. The highest BCUT2D eigenvalue weighted by Crippen LogP contribution is 2.39. The first-order chi connectivity index (χ1) is 14.1. The van der Waals surface area contributed by atoms with E-state index in [1.807, 2.05) is 12.1 Å². The molecule has 0 saturated carbocycles. The van der Waals surface area contributed by atoms with E-state index in [-0.39, 0.29) is 5.91 Å².